The Morgan fingerprint density at radius 2 is 2.19 bits per heavy atom. The third-order valence-corrected chi connectivity index (χ3v) is 4.78. The number of rotatable bonds is 3. The average Bonchev–Trinajstić information content (AvgIpc) is 2.87. The van der Waals surface area contributed by atoms with E-state index in [1.807, 2.05) is 24.3 Å². The van der Waals surface area contributed by atoms with Gasteiger partial charge in [-0.2, -0.15) is 0 Å². The van der Waals surface area contributed by atoms with Crippen molar-refractivity contribution in [3.05, 3.63) is 29.8 Å². The van der Waals surface area contributed by atoms with E-state index < -0.39 is 0 Å². The molecule has 114 valence electrons. The molecule has 3 rings (SSSR count). The van der Waals surface area contributed by atoms with Crippen LogP contribution in [0.25, 0.3) is 0 Å². The van der Waals surface area contributed by atoms with Gasteiger partial charge in [-0.05, 0) is 24.8 Å². The SMILES string of the molecule is COc1ccccc1CC(=O)N1CCCC[C@@H]2CNC[C@H]21. The smallest absolute Gasteiger partial charge is 0.227 e. The van der Waals surface area contributed by atoms with E-state index in [0.29, 0.717) is 18.4 Å². The number of nitrogens with one attached hydrogen (secondary N) is 1. The minimum absolute atomic E-state index is 0.236. The Balaban J connectivity index is 1.74. The van der Waals surface area contributed by atoms with Crippen LogP contribution in [0.4, 0.5) is 0 Å². The van der Waals surface area contributed by atoms with Crippen LogP contribution in [0.3, 0.4) is 0 Å². The molecule has 21 heavy (non-hydrogen) atoms. The van der Waals surface area contributed by atoms with Gasteiger partial charge in [0.05, 0.1) is 13.5 Å². The molecule has 0 saturated carbocycles. The number of nitrogens with zero attached hydrogens (tertiary/aromatic N) is 1. The highest BCUT2D eigenvalue weighted by Crippen LogP contribution is 2.27. The van der Waals surface area contributed by atoms with Crippen LogP contribution >= 0.6 is 0 Å². The Hall–Kier alpha value is -1.55. The Morgan fingerprint density at radius 1 is 1.33 bits per heavy atom. The van der Waals surface area contributed by atoms with Gasteiger partial charge in [0.2, 0.25) is 5.91 Å². The first-order chi connectivity index (χ1) is 10.3. The number of amides is 1. The molecule has 1 aromatic carbocycles. The summed E-state index contributed by atoms with van der Waals surface area (Å²) in [5, 5.41) is 3.44. The number of para-hydroxylation sites is 1. The van der Waals surface area contributed by atoms with Crippen molar-refractivity contribution in [2.24, 2.45) is 5.92 Å². The predicted molar refractivity (Wildman–Crippen MR) is 82.4 cm³/mol. The molecular formula is C17H24N2O2. The molecule has 2 atom stereocenters. The molecule has 0 aromatic heterocycles. The largest absolute Gasteiger partial charge is 0.496 e. The van der Waals surface area contributed by atoms with Gasteiger partial charge in [0.1, 0.15) is 5.75 Å². The van der Waals surface area contributed by atoms with E-state index in [1.165, 1.54) is 12.8 Å². The zero-order chi connectivity index (χ0) is 14.7. The molecule has 1 N–H and O–H groups in total. The van der Waals surface area contributed by atoms with E-state index in [1.54, 1.807) is 7.11 Å². The minimum Gasteiger partial charge on any atom is -0.496 e. The average molecular weight is 288 g/mol. The monoisotopic (exact) mass is 288 g/mol. The van der Waals surface area contributed by atoms with Gasteiger partial charge in [0.15, 0.2) is 0 Å². The fourth-order valence-electron chi connectivity index (χ4n) is 3.66. The Kier molecular flexibility index (Phi) is 4.44. The van der Waals surface area contributed by atoms with Crippen molar-refractivity contribution in [2.45, 2.75) is 31.7 Å². The standard InChI is InChI=1S/C17H24N2O2/c1-21-16-8-3-2-6-13(16)10-17(20)19-9-5-4-7-14-11-18-12-15(14)19/h2-3,6,8,14-15,18H,4-5,7,9-12H2,1H3/t14-,15-/m1/s1. The Labute approximate surface area is 126 Å². The van der Waals surface area contributed by atoms with Gasteiger partial charge in [-0.1, -0.05) is 24.6 Å². The summed E-state index contributed by atoms with van der Waals surface area (Å²) in [5.74, 6) is 1.68. The van der Waals surface area contributed by atoms with Gasteiger partial charge in [-0.25, -0.2) is 0 Å². The third-order valence-electron chi connectivity index (χ3n) is 4.78. The van der Waals surface area contributed by atoms with Gasteiger partial charge in [-0.15, -0.1) is 0 Å². The van der Waals surface area contributed by atoms with Crippen LogP contribution in [0, 0.1) is 5.92 Å². The first kappa shape index (κ1) is 14.4. The van der Waals surface area contributed by atoms with E-state index in [2.05, 4.69) is 10.2 Å². The van der Waals surface area contributed by atoms with Crippen LogP contribution in [-0.2, 0) is 11.2 Å². The molecule has 1 amide bonds. The van der Waals surface area contributed by atoms with Crippen LogP contribution in [0.2, 0.25) is 0 Å². The van der Waals surface area contributed by atoms with Crippen molar-refractivity contribution >= 4 is 5.91 Å². The molecule has 0 aliphatic carbocycles. The van der Waals surface area contributed by atoms with Gasteiger partial charge >= 0.3 is 0 Å². The summed E-state index contributed by atoms with van der Waals surface area (Å²) in [6, 6.07) is 8.20. The Bertz CT molecular complexity index is 503. The second kappa shape index (κ2) is 6.48. The van der Waals surface area contributed by atoms with Crippen LogP contribution in [0.15, 0.2) is 24.3 Å². The van der Waals surface area contributed by atoms with Crippen molar-refractivity contribution in [1.82, 2.24) is 10.2 Å². The number of benzene rings is 1. The Morgan fingerprint density at radius 3 is 3.05 bits per heavy atom. The van der Waals surface area contributed by atoms with Gasteiger partial charge in [0, 0.05) is 31.2 Å². The van der Waals surface area contributed by atoms with Crippen LogP contribution < -0.4 is 10.1 Å². The van der Waals surface area contributed by atoms with E-state index in [9.17, 15) is 4.79 Å². The highest BCUT2D eigenvalue weighted by atomic mass is 16.5. The molecule has 0 unspecified atom stereocenters. The van der Waals surface area contributed by atoms with Crippen LogP contribution in [0.1, 0.15) is 24.8 Å². The second-order valence-electron chi connectivity index (χ2n) is 6.06. The van der Waals surface area contributed by atoms with Crippen molar-refractivity contribution in [3.8, 4) is 5.75 Å². The number of hydrogen-bond donors (Lipinski definition) is 1. The lowest BCUT2D eigenvalue weighted by atomic mass is 9.98. The maximum Gasteiger partial charge on any atom is 0.227 e. The molecule has 0 radical (unpaired) electrons. The van der Waals surface area contributed by atoms with E-state index in [0.717, 1.165) is 37.4 Å². The molecule has 2 saturated heterocycles. The van der Waals surface area contributed by atoms with Gasteiger partial charge in [0.25, 0.3) is 0 Å². The summed E-state index contributed by atoms with van der Waals surface area (Å²) in [6.07, 6.45) is 4.05. The molecule has 4 nitrogen and oxygen atoms in total. The zero-order valence-corrected chi connectivity index (χ0v) is 12.7. The van der Waals surface area contributed by atoms with E-state index in [-0.39, 0.29) is 5.91 Å². The highest BCUT2D eigenvalue weighted by Gasteiger charge is 2.35. The maximum absolute atomic E-state index is 12.8. The molecule has 2 aliphatic heterocycles. The summed E-state index contributed by atoms with van der Waals surface area (Å²) in [7, 11) is 1.66. The van der Waals surface area contributed by atoms with Crippen molar-refractivity contribution < 1.29 is 9.53 Å². The van der Waals surface area contributed by atoms with E-state index in [4.69, 9.17) is 4.74 Å². The minimum atomic E-state index is 0.236. The molecule has 2 heterocycles. The lowest BCUT2D eigenvalue weighted by Gasteiger charge is -2.30. The number of hydrogen-bond acceptors (Lipinski definition) is 3. The molecular weight excluding hydrogens is 264 g/mol. The zero-order valence-electron chi connectivity index (χ0n) is 12.7. The topological polar surface area (TPSA) is 41.6 Å². The fourth-order valence-corrected chi connectivity index (χ4v) is 3.66. The number of carbonyl (C=O) groups is 1. The predicted octanol–water partition coefficient (Wildman–Crippen LogP) is 1.84. The van der Waals surface area contributed by atoms with Crippen molar-refractivity contribution in [1.29, 1.82) is 0 Å². The number of fused-ring (bicyclic) bond motifs is 1. The molecule has 1 aromatic rings. The summed E-state index contributed by atoms with van der Waals surface area (Å²) >= 11 is 0. The summed E-state index contributed by atoms with van der Waals surface area (Å²) in [6.45, 7) is 2.91. The van der Waals surface area contributed by atoms with Crippen molar-refractivity contribution in [2.75, 3.05) is 26.7 Å². The third kappa shape index (κ3) is 3.05. The summed E-state index contributed by atoms with van der Waals surface area (Å²) in [5.41, 5.74) is 0.983. The first-order valence-corrected chi connectivity index (χ1v) is 7.91. The molecule has 2 fully saturated rings. The number of carbonyl (C=O) groups excluding carboxylic acids is 1. The molecule has 0 spiro atoms. The molecule has 4 heteroatoms. The van der Waals surface area contributed by atoms with Crippen LogP contribution in [0.5, 0.6) is 5.75 Å². The maximum atomic E-state index is 12.8. The second-order valence-corrected chi connectivity index (χ2v) is 6.06. The van der Waals surface area contributed by atoms with Gasteiger partial charge < -0.3 is 15.0 Å². The fraction of sp³-hybridized carbons (Fsp3) is 0.588. The van der Waals surface area contributed by atoms with Crippen LogP contribution in [-0.4, -0.2) is 43.6 Å². The van der Waals surface area contributed by atoms with E-state index >= 15 is 0 Å². The summed E-state index contributed by atoms with van der Waals surface area (Å²) in [4.78, 5) is 14.9. The quantitative estimate of drug-likeness (QED) is 0.923. The summed E-state index contributed by atoms with van der Waals surface area (Å²) < 4.78 is 5.36. The van der Waals surface area contributed by atoms with Gasteiger partial charge in [-0.3, -0.25) is 4.79 Å². The normalized spacial score (nSPS) is 25.3. The lowest BCUT2D eigenvalue weighted by molar-refractivity contribution is -0.133. The lowest BCUT2D eigenvalue weighted by Crippen LogP contribution is -2.44. The number of ether oxygens (including phenoxy) is 1. The number of methoxy groups -OCH3 is 1. The number of likely N-dealkylation sites (tertiary alicyclic amines) is 1. The highest BCUT2D eigenvalue weighted by molar-refractivity contribution is 5.80. The van der Waals surface area contributed by atoms with Crippen molar-refractivity contribution in [3.63, 3.8) is 0 Å². The first-order valence-electron chi connectivity index (χ1n) is 7.91. The molecule has 2 aliphatic rings. The molecule has 0 bridgehead atoms.